The number of amides is 2. The fraction of sp³-hybridized carbons (Fsp3) is 0.467. The molecule has 6 heteroatoms. The maximum absolute atomic E-state index is 12.4. The number of nitrogens with zero attached hydrogens (tertiary/aromatic N) is 1. The molecule has 2 N–H and O–H groups in total. The van der Waals surface area contributed by atoms with Gasteiger partial charge >= 0.3 is 0 Å². The molecule has 2 amide bonds. The Morgan fingerprint density at radius 2 is 2.14 bits per heavy atom. The number of para-hydroxylation sites is 1. The third-order valence-electron chi connectivity index (χ3n) is 3.68. The molecular formula is C15H20N2O4. The monoisotopic (exact) mass is 292 g/mol. The average Bonchev–Trinajstić information content (AvgIpc) is 2.47. The number of hydrogen-bond acceptors (Lipinski definition) is 4. The van der Waals surface area contributed by atoms with E-state index in [0.29, 0.717) is 18.9 Å². The van der Waals surface area contributed by atoms with Crippen molar-refractivity contribution in [3.05, 3.63) is 29.8 Å². The van der Waals surface area contributed by atoms with Crippen molar-refractivity contribution in [2.75, 3.05) is 26.8 Å². The molecule has 0 saturated carbocycles. The van der Waals surface area contributed by atoms with Gasteiger partial charge in [-0.2, -0.15) is 0 Å². The van der Waals surface area contributed by atoms with Gasteiger partial charge in [0.1, 0.15) is 5.75 Å². The first-order valence-electron chi connectivity index (χ1n) is 6.80. The van der Waals surface area contributed by atoms with E-state index in [0.717, 1.165) is 5.56 Å². The average molecular weight is 292 g/mol. The van der Waals surface area contributed by atoms with Gasteiger partial charge in [-0.15, -0.1) is 0 Å². The van der Waals surface area contributed by atoms with E-state index >= 15 is 0 Å². The Kier molecular flexibility index (Phi) is 4.47. The van der Waals surface area contributed by atoms with Crippen LogP contribution >= 0.6 is 0 Å². The Bertz CT molecular complexity index is 546. The fourth-order valence-electron chi connectivity index (χ4n) is 2.36. The summed E-state index contributed by atoms with van der Waals surface area (Å²) in [5, 5.41) is 0. The summed E-state index contributed by atoms with van der Waals surface area (Å²) in [4.78, 5) is 25.5. The molecule has 0 aromatic heterocycles. The van der Waals surface area contributed by atoms with Gasteiger partial charge in [0, 0.05) is 12.1 Å². The number of ether oxygens (including phenoxy) is 2. The van der Waals surface area contributed by atoms with Gasteiger partial charge in [-0.1, -0.05) is 18.2 Å². The summed E-state index contributed by atoms with van der Waals surface area (Å²) in [7, 11) is 1.57. The lowest BCUT2D eigenvalue weighted by molar-refractivity contribution is -0.160. The van der Waals surface area contributed by atoms with Gasteiger partial charge in [0.25, 0.3) is 5.91 Å². The smallest absolute Gasteiger partial charge is 0.251 e. The van der Waals surface area contributed by atoms with Crippen LogP contribution in [0.4, 0.5) is 0 Å². The second-order valence-electron chi connectivity index (χ2n) is 5.25. The highest BCUT2D eigenvalue weighted by molar-refractivity contribution is 5.85. The van der Waals surface area contributed by atoms with Crippen LogP contribution in [0.25, 0.3) is 0 Å². The number of nitrogens with two attached hydrogens (primary N) is 1. The number of carbonyl (C=O) groups excluding carboxylic acids is 2. The van der Waals surface area contributed by atoms with Crippen molar-refractivity contribution in [2.45, 2.75) is 18.9 Å². The highest BCUT2D eigenvalue weighted by Crippen LogP contribution is 2.21. The molecule has 1 aromatic rings. The Labute approximate surface area is 123 Å². The molecule has 1 saturated heterocycles. The van der Waals surface area contributed by atoms with Crippen molar-refractivity contribution in [3.63, 3.8) is 0 Å². The summed E-state index contributed by atoms with van der Waals surface area (Å²) in [6, 6.07) is 7.38. The third-order valence-corrected chi connectivity index (χ3v) is 3.68. The first-order chi connectivity index (χ1) is 9.96. The zero-order chi connectivity index (χ0) is 15.5. The van der Waals surface area contributed by atoms with Crippen LogP contribution in [0.3, 0.4) is 0 Å². The van der Waals surface area contributed by atoms with Crippen molar-refractivity contribution < 1.29 is 19.1 Å². The number of hydrogen-bond donors (Lipinski definition) is 1. The summed E-state index contributed by atoms with van der Waals surface area (Å²) in [5.41, 5.74) is 5.04. The quantitative estimate of drug-likeness (QED) is 0.867. The van der Waals surface area contributed by atoms with Gasteiger partial charge in [0.15, 0.2) is 5.60 Å². The van der Waals surface area contributed by atoms with Gasteiger partial charge in [0.2, 0.25) is 5.91 Å². The van der Waals surface area contributed by atoms with Gasteiger partial charge in [0.05, 0.1) is 26.7 Å². The molecule has 6 nitrogen and oxygen atoms in total. The minimum atomic E-state index is -1.12. The lowest BCUT2D eigenvalue weighted by Gasteiger charge is -2.38. The van der Waals surface area contributed by atoms with Crippen molar-refractivity contribution >= 4 is 11.8 Å². The Morgan fingerprint density at radius 3 is 2.81 bits per heavy atom. The molecule has 114 valence electrons. The summed E-state index contributed by atoms with van der Waals surface area (Å²) >= 11 is 0. The molecule has 1 aliphatic rings. The normalized spacial score (nSPS) is 21.9. The number of morpholine rings is 1. The van der Waals surface area contributed by atoms with E-state index in [1.807, 2.05) is 24.3 Å². The minimum absolute atomic E-state index is 0.0738. The predicted molar refractivity (Wildman–Crippen MR) is 76.8 cm³/mol. The van der Waals surface area contributed by atoms with Crippen LogP contribution in [0.5, 0.6) is 5.75 Å². The maximum Gasteiger partial charge on any atom is 0.251 e. The van der Waals surface area contributed by atoms with E-state index in [2.05, 4.69) is 0 Å². The molecule has 1 fully saturated rings. The highest BCUT2D eigenvalue weighted by atomic mass is 16.5. The van der Waals surface area contributed by atoms with Gasteiger partial charge < -0.3 is 20.1 Å². The molecule has 1 heterocycles. The van der Waals surface area contributed by atoms with Crippen LogP contribution in [0, 0.1) is 0 Å². The van der Waals surface area contributed by atoms with Crippen molar-refractivity contribution in [1.29, 1.82) is 0 Å². The zero-order valence-corrected chi connectivity index (χ0v) is 12.3. The number of rotatable bonds is 4. The zero-order valence-electron chi connectivity index (χ0n) is 12.3. The fourth-order valence-corrected chi connectivity index (χ4v) is 2.36. The van der Waals surface area contributed by atoms with Crippen LogP contribution in [0.15, 0.2) is 24.3 Å². The van der Waals surface area contributed by atoms with Gasteiger partial charge in [-0.05, 0) is 13.0 Å². The van der Waals surface area contributed by atoms with Crippen LogP contribution in [0.2, 0.25) is 0 Å². The second kappa shape index (κ2) is 6.13. The summed E-state index contributed by atoms with van der Waals surface area (Å²) in [5.74, 6) is 0.0457. The van der Waals surface area contributed by atoms with E-state index in [4.69, 9.17) is 15.2 Å². The molecule has 2 rings (SSSR count). The second-order valence-corrected chi connectivity index (χ2v) is 5.25. The lowest BCUT2D eigenvalue weighted by Crippen LogP contribution is -2.58. The summed E-state index contributed by atoms with van der Waals surface area (Å²) in [6.45, 7) is 2.54. The molecule has 0 aliphatic carbocycles. The molecule has 0 spiro atoms. The number of benzene rings is 1. The number of primary amides is 1. The molecule has 0 unspecified atom stereocenters. The molecular weight excluding hydrogens is 272 g/mol. The highest BCUT2D eigenvalue weighted by Gasteiger charge is 2.39. The van der Waals surface area contributed by atoms with E-state index < -0.39 is 11.5 Å². The van der Waals surface area contributed by atoms with Crippen molar-refractivity contribution in [2.24, 2.45) is 5.73 Å². The first-order valence-corrected chi connectivity index (χ1v) is 6.80. The van der Waals surface area contributed by atoms with E-state index in [1.54, 1.807) is 18.9 Å². The van der Waals surface area contributed by atoms with Gasteiger partial charge in [-0.25, -0.2) is 0 Å². The van der Waals surface area contributed by atoms with E-state index in [-0.39, 0.29) is 18.9 Å². The largest absolute Gasteiger partial charge is 0.496 e. The van der Waals surface area contributed by atoms with Crippen molar-refractivity contribution in [3.8, 4) is 5.75 Å². The maximum atomic E-state index is 12.4. The lowest BCUT2D eigenvalue weighted by atomic mass is 10.0. The Balaban J connectivity index is 2.08. The molecule has 1 atom stereocenters. The van der Waals surface area contributed by atoms with Gasteiger partial charge in [-0.3, -0.25) is 9.59 Å². The number of methoxy groups -OCH3 is 1. The van der Waals surface area contributed by atoms with E-state index in [9.17, 15) is 9.59 Å². The van der Waals surface area contributed by atoms with Crippen LogP contribution in [-0.4, -0.2) is 49.1 Å². The van der Waals surface area contributed by atoms with Crippen LogP contribution in [-0.2, 0) is 20.7 Å². The Hall–Kier alpha value is -2.08. The third kappa shape index (κ3) is 3.33. The predicted octanol–water partition coefficient (Wildman–Crippen LogP) is 0.341. The Morgan fingerprint density at radius 1 is 1.43 bits per heavy atom. The summed E-state index contributed by atoms with van der Waals surface area (Å²) < 4.78 is 10.7. The molecule has 21 heavy (non-hydrogen) atoms. The SMILES string of the molecule is COc1ccccc1CC(=O)N1CCO[C@@](C)(C(N)=O)C1. The minimum Gasteiger partial charge on any atom is -0.496 e. The van der Waals surface area contributed by atoms with E-state index in [1.165, 1.54) is 0 Å². The van der Waals surface area contributed by atoms with Crippen LogP contribution in [0.1, 0.15) is 12.5 Å². The molecule has 0 bridgehead atoms. The molecule has 1 aliphatic heterocycles. The van der Waals surface area contributed by atoms with Crippen molar-refractivity contribution in [1.82, 2.24) is 4.90 Å². The van der Waals surface area contributed by atoms with Crippen LogP contribution < -0.4 is 10.5 Å². The molecule has 0 radical (unpaired) electrons. The topological polar surface area (TPSA) is 81.9 Å². The first kappa shape index (κ1) is 15.3. The molecule has 1 aromatic carbocycles. The number of carbonyl (C=O) groups is 2. The standard InChI is InChI=1S/C15H20N2O4/c1-15(14(16)19)10-17(7-8-21-15)13(18)9-11-5-3-4-6-12(11)20-2/h3-6H,7-10H2,1-2H3,(H2,16,19)/t15-/m1/s1. The summed E-state index contributed by atoms with van der Waals surface area (Å²) in [6.07, 6.45) is 0.221.